The molecule has 5 nitrogen and oxygen atoms in total. The third kappa shape index (κ3) is 3.63. The first-order valence-corrected chi connectivity index (χ1v) is 8.81. The number of aliphatic hydroxyl groups excluding tert-OH is 1. The van der Waals surface area contributed by atoms with Crippen LogP contribution in [-0.4, -0.2) is 44.6 Å². The summed E-state index contributed by atoms with van der Waals surface area (Å²) in [4.78, 5) is 0.344. The van der Waals surface area contributed by atoms with Gasteiger partial charge in [-0.05, 0) is 50.4 Å². The molecule has 1 aliphatic heterocycles. The Morgan fingerprint density at radius 3 is 2.33 bits per heavy atom. The van der Waals surface area contributed by atoms with Gasteiger partial charge in [-0.15, -0.1) is 0 Å². The van der Waals surface area contributed by atoms with Gasteiger partial charge in [0.05, 0.1) is 4.90 Å². The zero-order valence-corrected chi connectivity index (χ0v) is 13.4. The van der Waals surface area contributed by atoms with Crippen molar-refractivity contribution < 1.29 is 13.5 Å². The number of hydrogen-bond acceptors (Lipinski definition) is 4. The molecule has 0 aliphatic carbocycles. The van der Waals surface area contributed by atoms with Crippen molar-refractivity contribution in [2.75, 3.05) is 26.7 Å². The Labute approximate surface area is 127 Å². The molecule has 1 heterocycles. The summed E-state index contributed by atoms with van der Waals surface area (Å²) in [6.45, 7) is 3.15. The largest absolute Gasteiger partial charge is 0.396 e. The minimum Gasteiger partial charge on any atom is -0.396 e. The van der Waals surface area contributed by atoms with E-state index >= 15 is 0 Å². The van der Waals surface area contributed by atoms with E-state index < -0.39 is 10.0 Å². The van der Waals surface area contributed by atoms with E-state index in [9.17, 15) is 8.42 Å². The minimum atomic E-state index is -3.41. The van der Waals surface area contributed by atoms with Crippen LogP contribution in [0.2, 0.25) is 0 Å². The molecular weight excluding hydrogens is 288 g/mol. The third-order valence-electron chi connectivity index (χ3n) is 4.28. The van der Waals surface area contributed by atoms with E-state index in [2.05, 4.69) is 5.32 Å². The van der Waals surface area contributed by atoms with Crippen LogP contribution in [0.1, 0.15) is 31.4 Å². The van der Waals surface area contributed by atoms with Gasteiger partial charge >= 0.3 is 0 Å². The first kappa shape index (κ1) is 16.4. The molecule has 21 heavy (non-hydrogen) atoms. The van der Waals surface area contributed by atoms with Crippen molar-refractivity contribution in [1.29, 1.82) is 0 Å². The Balaban J connectivity index is 2.13. The van der Waals surface area contributed by atoms with Crippen molar-refractivity contribution in [3.8, 4) is 0 Å². The second-order valence-corrected chi connectivity index (χ2v) is 7.55. The van der Waals surface area contributed by atoms with Gasteiger partial charge in [-0.2, -0.15) is 4.31 Å². The predicted molar refractivity (Wildman–Crippen MR) is 82.5 cm³/mol. The predicted octanol–water partition coefficient (Wildman–Crippen LogP) is 1.36. The zero-order chi connectivity index (χ0) is 15.5. The van der Waals surface area contributed by atoms with Gasteiger partial charge in [0.15, 0.2) is 0 Å². The monoisotopic (exact) mass is 312 g/mol. The topological polar surface area (TPSA) is 69.6 Å². The number of nitrogens with one attached hydrogen (secondary N) is 1. The Kier molecular flexibility index (Phi) is 5.37. The lowest BCUT2D eigenvalue weighted by Gasteiger charge is -2.30. The molecule has 1 unspecified atom stereocenters. The number of aliphatic hydroxyl groups is 1. The fraction of sp³-hybridized carbons (Fsp3) is 0.600. The van der Waals surface area contributed by atoms with E-state index in [1.165, 1.54) is 4.31 Å². The molecule has 0 aromatic heterocycles. The van der Waals surface area contributed by atoms with Gasteiger partial charge in [-0.25, -0.2) is 8.42 Å². The number of hydrogen-bond donors (Lipinski definition) is 2. The summed E-state index contributed by atoms with van der Waals surface area (Å²) in [5, 5.41) is 12.3. The molecule has 2 N–H and O–H groups in total. The summed E-state index contributed by atoms with van der Waals surface area (Å²) in [6.07, 6.45) is 1.45. The van der Waals surface area contributed by atoms with Crippen molar-refractivity contribution in [3.05, 3.63) is 29.8 Å². The van der Waals surface area contributed by atoms with Gasteiger partial charge in [0.2, 0.25) is 10.0 Å². The van der Waals surface area contributed by atoms with Crippen LogP contribution in [0.4, 0.5) is 0 Å². The average molecular weight is 312 g/mol. The number of benzene rings is 1. The van der Waals surface area contributed by atoms with Crippen LogP contribution in [0.5, 0.6) is 0 Å². The van der Waals surface area contributed by atoms with Gasteiger partial charge in [0, 0.05) is 25.7 Å². The Morgan fingerprint density at radius 1 is 1.29 bits per heavy atom. The lowest BCUT2D eigenvalue weighted by molar-refractivity contribution is 0.170. The molecule has 1 aliphatic rings. The number of piperidine rings is 1. The SMILES string of the molecule is CNC(C)c1ccc(S(=O)(=O)N2CCC(CO)CC2)cc1. The highest BCUT2D eigenvalue weighted by molar-refractivity contribution is 7.89. The van der Waals surface area contributed by atoms with E-state index in [1.54, 1.807) is 12.1 Å². The van der Waals surface area contributed by atoms with Crippen LogP contribution in [0.3, 0.4) is 0 Å². The summed E-state index contributed by atoms with van der Waals surface area (Å²) < 4.78 is 26.7. The molecule has 0 saturated carbocycles. The number of sulfonamides is 1. The normalized spacial score (nSPS) is 19.6. The van der Waals surface area contributed by atoms with E-state index in [0.29, 0.717) is 18.0 Å². The molecule has 1 aromatic carbocycles. The molecular formula is C15H24N2O3S. The van der Waals surface area contributed by atoms with Gasteiger partial charge < -0.3 is 10.4 Å². The van der Waals surface area contributed by atoms with Gasteiger partial charge in [0.1, 0.15) is 0 Å². The molecule has 1 atom stereocenters. The van der Waals surface area contributed by atoms with E-state index in [1.807, 2.05) is 26.1 Å². The first-order valence-electron chi connectivity index (χ1n) is 7.37. The van der Waals surface area contributed by atoms with Gasteiger partial charge in [-0.3, -0.25) is 0 Å². The second-order valence-electron chi connectivity index (χ2n) is 5.61. The molecule has 1 saturated heterocycles. The van der Waals surface area contributed by atoms with E-state index in [4.69, 9.17) is 5.11 Å². The molecule has 0 spiro atoms. The van der Waals surface area contributed by atoms with Crippen molar-refractivity contribution in [1.82, 2.24) is 9.62 Å². The maximum Gasteiger partial charge on any atom is 0.243 e. The molecule has 1 fully saturated rings. The van der Waals surface area contributed by atoms with Gasteiger partial charge in [-0.1, -0.05) is 12.1 Å². The highest BCUT2D eigenvalue weighted by Gasteiger charge is 2.29. The van der Waals surface area contributed by atoms with E-state index in [0.717, 1.165) is 18.4 Å². The molecule has 0 radical (unpaired) electrons. The molecule has 2 rings (SSSR count). The first-order chi connectivity index (χ1) is 9.98. The molecule has 1 aromatic rings. The van der Waals surface area contributed by atoms with Crippen LogP contribution >= 0.6 is 0 Å². The summed E-state index contributed by atoms with van der Waals surface area (Å²) in [6, 6.07) is 7.26. The number of nitrogens with zero attached hydrogens (tertiary/aromatic N) is 1. The Morgan fingerprint density at radius 2 is 1.86 bits per heavy atom. The molecule has 6 heteroatoms. The molecule has 0 amide bonds. The Bertz CT molecular complexity index is 549. The van der Waals surface area contributed by atoms with Crippen molar-refractivity contribution in [2.45, 2.75) is 30.7 Å². The summed E-state index contributed by atoms with van der Waals surface area (Å²) in [7, 11) is -1.54. The van der Waals surface area contributed by atoms with E-state index in [-0.39, 0.29) is 18.6 Å². The maximum atomic E-state index is 12.6. The van der Waals surface area contributed by atoms with Crippen molar-refractivity contribution in [2.24, 2.45) is 5.92 Å². The Hall–Kier alpha value is -0.950. The number of rotatable bonds is 5. The van der Waals surface area contributed by atoms with Crippen molar-refractivity contribution in [3.63, 3.8) is 0 Å². The van der Waals surface area contributed by atoms with Crippen LogP contribution in [0.15, 0.2) is 29.2 Å². The minimum absolute atomic E-state index is 0.143. The summed E-state index contributed by atoms with van der Waals surface area (Å²) >= 11 is 0. The zero-order valence-electron chi connectivity index (χ0n) is 12.6. The fourth-order valence-electron chi connectivity index (χ4n) is 2.58. The fourth-order valence-corrected chi connectivity index (χ4v) is 4.05. The maximum absolute atomic E-state index is 12.6. The quantitative estimate of drug-likeness (QED) is 0.861. The highest BCUT2D eigenvalue weighted by Crippen LogP contribution is 2.24. The second kappa shape index (κ2) is 6.87. The molecule has 118 valence electrons. The summed E-state index contributed by atoms with van der Waals surface area (Å²) in [5.41, 5.74) is 1.07. The lowest BCUT2D eigenvalue weighted by atomic mass is 10.00. The van der Waals surface area contributed by atoms with Crippen LogP contribution in [0, 0.1) is 5.92 Å². The lowest BCUT2D eigenvalue weighted by Crippen LogP contribution is -2.39. The van der Waals surface area contributed by atoms with Crippen LogP contribution < -0.4 is 5.32 Å². The third-order valence-corrected chi connectivity index (χ3v) is 6.20. The average Bonchev–Trinajstić information content (AvgIpc) is 2.54. The van der Waals surface area contributed by atoms with Crippen LogP contribution in [0.25, 0.3) is 0 Å². The van der Waals surface area contributed by atoms with Crippen LogP contribution in [-0.2, 0) is 10.0 Å². The smallest absolute Gasteiger partial charge is 0.243 e. The van der Waals surface area contributed by atoms with Gasteiger partial charge in [0.25, 0.3) is 0 Å². The molecule has 0 bridgehead atoms. The summed E-state index contributed by atoms with van der Waals surface area (Å²) in [5.74, 6) is 0.232. The highest BCUT2D eigenvalue weighted by atomic mass is 32.2. The van der Waals surface area contributed by atoms with Crippen molar-refractivity contribution >= 4 is 10.0 Å². The standard InChI is InChI=1S/C15H24N2O3S/c1-12(16-2)14-3-5-15(6-4-14)21(19,20)17-9-7-13(11-18)8-10-17/h3-6,12-13,16,18H,7-11H2,1-2H3.